The van der Waals surface area contributed by atoms with Gasteiger partial charge in [0.1, 0.15) is 11.6 Å². The van der Waals surface area contributed by atoms with Gasteiger partial charge in [0.25, 0.3) is 5.91 Å². The molecule has 0 aromatic heterocycles. The Morgan fingerprint density at radius 1 is 1.00 bits per heavy atom. The predicted octanol–water partition coefficient (Wildman–Crippen LogP) is 5.06. The van der Waals surface area contributed by atoms with E-state index >= 15 is 0 Å². The van der Waals surface area contributed by atoms with Crippen LogP contribution in [0.15, 0.2) is 42.5 Å². The molecule has 196 valence electrons. The van der Waals surface area contributed by atoms with Gasteiger partial charge in [-0.15, -0.1) is 13.2 Å². The quantitative estimate of drug-likeness (QED) is 0.516. The maximum absolute atomic E-state index is 14.5. The third kappa shape index (κ3) is 4.99. The normalized spacial score (nSPS) is 22.4. The molecular formula is C26H24F4N2O5. The van der Waals surface area contributed by atoms with Crippen LogP contribution in [-0.4, -0.2) is 46.2 Å². The molecule has 1 heterocycles. The van der Waals surface area contributed by atoms with Crippen molar-refractivity contribution < 1.29 is 41.8 Å². The zero-order valence-electron chi connectivity index (χ0n) is 19.6. The van der Waals surface area contributed by atoms with E-state index < -0.39 is 35.8 Å². The number of ether oxygens (including phenoxy) is 1. The van der Waals surface area contributed by atoms with E-state index in [1.165, 1.54) is 30.3 Å². The summed E-state index contributed by atoms with van der Waals surface area (Å²) in [7, 11) is 0. The number of carbonyl (C=O) groups excluding carboxylic acids is 2. The highest BCUT2D eigenvalue weighted by atomic mass is 19.4. The summed E-state index contributed by atoms with van der Waals surface area (Å²) in [6, 6.07) is 7.79. The number of benzene rings is 2. The number of carboxylic acids is 1. The highest BCUT2D eigenvalue weighted by Gasteiger charge is 2.53. The SMILES string of the molecule is O=C(O)CCC(=O)N(C1CC1)C1c2cc(F)ccc2N(C(=O)c2ccc(OC(F)(F)F)cc2)C2CCC21. The van der Waals surface area contributed by atoms with Gasteiger partial charge in [0.05, 0.1) is 12.5 Å². The molecule has 2 amide bonds. The first kappa shape index (κ1) is 25.0. The van der Waals surface area contributed by atoms with Gasteiger partial charge >= 0.3 is 12.3 Å². The molecule has 3 aliphatic rings. The minimum atomic E-state index is -4.86. The number of rotatable bonds is 7. The molecule has 2 aromatic carbocycles. The Kier molecular flexibility index (Phi) is 6.33. The number of aliphatic carboxylic acids is 1. The Balaban J connectivity index is 1.49. The summed E-state index contributed by atoms with van der Waals surface area (Å²) < 4.78 is 55.9. The predicted molar refractivity (Wildman–Crippen MR) is 122 cm³/mol. The average molecular weight is 520 g/mol. The Hall–Kier alpha value is -3.63. The number of alkyl halides is 3. The molecule has 3 unspecified atom stereocenters. The number of nitrogens with zero attached hydrogens (tertiary/aromatic N) is 2. The largest absolute Gasteiger partial charge is 0.573 e. The lowest BCUT2D eigenvalue weighted by atomic mass is 9.67. The van der Waals surface area contributed by atoms with E-state index in [9.17, 15) is 31.9 Å². The lowest BCUT2D eigenvalue weighted by Gasteiger charge is -2.55. The third-order valence-electron chi connectivity index (χ3n) is 7.23. The second-order valence-electron chi connectivity index (χ2n) is 9.63. The topological polar surface area (TPSA) is 87.2 Å². The first-order chi connectivity index (χ1) is 17.5. The van der Waals surface area contributed by atoms with E-state index in [4.69, 9.17) is 5.11 Å². The summed E-state index contributed by atoms with van der Waals surface area (Å²) in [6.45, 7) is 0. The van der Waals surface area contributed by atoms with Crippen LogP contribution in [0.3, 0.4) is 0 Å². The summed E-state index contributed by atoms with van der Waals surface area (Å²) in [5, 5.41) is 9.06. The third-order valence-corrected chi connectivity index (χ3v) is 7.23. The van der Waals surface area contributed by atoms with Crippen LogP contribution in [0.4, 0.5) is 23.2 Å². The molecule has 0 radical (unpaired) electrons. The van der Waals surface area contributed by atoms with Crippen LogP contribution < -0.4 is 9.64 Å². The minimum Gasteiger partial charge on any atom is -0.481 e. The van der Waals surface area contributed by atoms with Crippen molar-refractivity contribution in [3.63, 3.8) is 0 Å². The fourth-order valence-corrected chi connectivity index (χ4v) is 5.42. The van der Waals surface area contributed by atoms with Gasteiger partial charge < -0.3 is 19.6 Å². The summed E-state index contributed by atoms with van der Waals surface area (Å²) in [5.74, 6) is -3.00. The van der Waals surface area contributed by atoms with Gasteiger partial charge in [-0.25, -0.2) is 4.39 Å². The smallest absolute Gasteiger partial charge is 0.481 e. The molecular weight excluding hydrogens is 496 g/mol. The molecule has 0 spiro atoms. The first-order valence-corrected chi connectivity index (χ1v) is 12.1. The molecule has 7 nitrogen and oxygen atoms in total. The van der Waals surface area contributed by atoms with E-state index in [-0.39, 0.29) is 42.3 Å². The molecule has 37 heavy (non-hydrogen) atoms. The van der Waals surface area contributed by atoms with Gasteiger partial charge in [0.15, 0.2) is 0 Å². The zero-order valence-corrected chi connectivity index (χ0v) is 19.6. The van der Waals surface area contributed by atoms with Crippen LogP contribution >= 0.6 is 0 Å². The van der Waals surface area contributed by atoms with Crippen LogP contribution in [0.1, 0.15) is 60.5 Å². The molecule has 5 rings (SSSR count). The van der Waals surface area contributed by atoms with E-state index in [0.29, 0.717) is 24.1 Å². The van der Waals surface area contributed by atoms with Crippen LogP contribution in [0, 0.1) is 11.7 Å². The summed E-state index contributed by atoms with van der Waals surface area (Å²) >= 11 is 0. The minimum absolute atomic E-state index is 0.0629. The number of halogens is 4. The van der Waals surface area contributed by atoms with E-state index in [1.54, 1.807) is 9.80 Å². The van der Waals surface area contributed by atoms with Gasteiger partial charge in [-0.3, -0.25) is 14.4 Å². The number of carbonyl (C=O) groups is 3. The van der Waals surface area contributed by atoms with Crippen LogP contribution in [0.25, 0.3) is 0 Å². The summed E-state index contributed by atoms with van der Waals surface area (Å²) in [6.07, 6.45) is -2.47. The van der Waals surface area contributed by atoms with Crippen molar-refractivity contribution >= 4 is 23.5 Å². The lowest BCUT2D eigenvalue weighted by Crippen LogP contribution is -2.59. The summed E-state index contributed by atoms with van der Waals surface area (Å²) in [5.41, 5.74) is 1.05. The summed E-state index contributed by atoms with van der Waals surface area (Å²) in [4.78, 5) is 41.1. The van der Waals surface area contributed by atoms with Crippen molar-refractivity contribution in [1.82, 2.24) is 4.90 Å². The number of amides is 2. The van der Waals surface area contributed by atoms with Crippen molar-refractivity contribution in [1.29, 1.82) is 0 Å². The highest BCUT2D eigenvalue weighted by molar-refractivity contribution is 6.07. The number of hydrogen-bond donors (Lipinski definition) is 1. The molecule has 2 saturated carbocycles. The molecule has 11 heteroatoms. The molecule has 2 fully saturated rings. The van der Waals surface area contributed by atoms with Crippen LogP contribution in [-0.2, 0) is 9.59 Å². The Bertz CT molecular complexity index is 1230. The van der Waals surface area contributed by atoms with Crippen molar-refractivity contribution in [2.75, 3.05) is 4.90 Å². The number of carboxylic acid groups (broad SMARTS) is 1. The maximum atomic E-state index is 14.5. The second-order valence-corrected chi connectivity index (χ2v) is 9.63. The standard InChI is InChI=1S/C26H24F4N2O5/c27-15-3-9-21-19(13-15)24(31(16-4-5-16)22(33)11-12-23(34)35)18-8-10-20(18)32(21)25(36)14-1-6-17(7-2-14)37-26(28,29)30/h1-3,6-7,9,13,16,18,20,24H,4-5,8,10-12H2,(H,34,35). The fourth-order valence-electron chi connectivity index (χ4n) is 5.42. The van der Waals surface area contributed by atoms with Crippen molar-refractivity contribution in [3.05, 3.63) is 59.4 Å². The second kappa shape index (κ2) is 9.35. The van der Waals surface area contributed by atoms with Gasteiger partial charge in [-0.2, -0.15) is 0 Å². The molecule has 2 aromatic rings. The van der Waals surface area contributed by atoms with Crippen molar-refractivity contribution in [2.45, 2.75) is 63.0 Å². The number of fused-ring (bicyclic) bond motifs is 2. The van der Waals surface area contributed by atoms with Gasteiger partial charge in [-0.05, 0) is 68.1 Å². The molecule has 3 atom stereocenters. The molecule has 0 saturated heterocycles. The number of hydrogen-bond acceptors (Lipinski definition) is 4. The average Bonchev–Trinajstić information content (AvgIpc) is 3.63. The molecule has 1 aliphatic heterocycles. The van der Waals surface area contributed by atoms with Gasteiger partial charge in [-0.1, -0.05) is 0 Å². The van der Waals surface area contributed by atoms with Crippen molar-refractivity contribution in [2.24, 2.45) is 5.92 Å². The van der Waals surface area contributed by atoms with E-state index in [0.717, 1.165) is 25.0 Å². The number of anilines is 1. The maximum Gasteiger partial charge on any atom is 0.573 e. The molecule has 2 aliphatic carbocycles. The van der Waals surface area contributed by atoms with Crippen molar-refractivity contribution in [3.8, 4) is 5.75 Å². The highest BCUT2D eigenvalue weighted by Crippen LogP contribution is 2.54. The molecule has 0 bridgehead atoms. The van der Waals surface area contributed by atoms with Gasteiger partial charge in [0, 0.05) is 41.2 Å². The van der Waals surface area contributed by atoms with Crippen LogP contribution in [0.5, 0.6) is 5.75 Å². The van der Waals surface area contributed by atoms with Gasteiger partial charge in [0.2, 0.25) is 5.91 Å². The zero-order chi connectivity index (χ0) is 26.5. The first-order valence-electron chi connectivity index (χ1n) is 12.1. The van der Waals surface area contributed by atoms with E-state index in [1.807, 2.05) is 0 Å². The lowest BCUT2D eigenvalue weighted by molar-refractivity contribution is -0.274. The Morgan fingerprint density at radius 2 is 1.70 bits per heavy atom. The fraction of sp³-hybridized carbons (Fsp3) is 0.423. The van der Waals surface area contributed by atoms with Crippen LogP contribution in [0.2, 0.25) is 0 Å². The molecule has 1 N–H and O–H groups in total. The monoisotopic (exact) mass is 520 g/mol. The Morgan fingerprint density at radius 3 is 2.27 bits per heavy atom. The van der Waals surface area contributed by atoms with E-state index in [2.05, 4.69) is 4.74 Å². The Labute approximate surface area is 209 Å².